The van der Waals surface area contributed by atoms with Crippen LogP contribution in [0.2, 0.25) is 0 Å². The van der Waals surface area contributed by atoms with Crippen molar-refractivity contribution in [2.75, 3.05) is 5.32 Å². The van der Waals surface area contributed by atoms with E-state index in [0.717, 1.165) is 21.0 Å². The van der Waals surface area contributed by atoms with Crippen molar-refractivity contribution in [2.24, 2.45) is 25.9 Å². The van der Waals surface area contributed by atoms with Crippen molar-refractivity contribution in [1.29, 1.82) is 10.5 Å². The van der Waals surface area contributed by atoms with E-state index in [4.69, 9.17) is 0 Å². The monoisotopic (exact) mass is 461 g/mol. The minimum Gasteiger partial charge on any atom is -0.377 e. The lowest BCUT2D eigenvalue weighted by Gasteiger charge is -2.39. The van der Waals surface area contributed by atoms with Crippen molar-refractivity contribution in [3.8, 4) is 12.1 Å². The van der Waals surface area contributed by atoms with E-state index in [1.54, 1.807) is 13.1 Å². The van der Waals surface area contributed by atoms with E-state index in [1.165, 1.54) is 11.6 Å². The van der Waals surface area contributed by atoms with Crippen LogP contribution >= 0.6 is 0 Å². The lowest BCUT2D eigenvalue weighted by molar-refractivity contribution is 0.358. The van der Waals surface area contributed by atoms with Gasteiger partial charge in [0.15, 0.2) is 0 Å². The van der Waals surface area contributed by atoms with Crippen molar-refractivity contribution in [3.63, 3.8) is 0 Å². The second-order valence-electron chi connectivity index (χ2n) is 8.90. The Labute approximate surface area is 202 Å². The first kappa shape index (κ1) is 22.2. The zero-order chi connectivity index (χ0) is 24.7. The van der Waals surface area contributed by atoms with Crippen molar-refractivity contribution in [1.82, 2.24) is 9.13 Å². The second kappa shape index (κ2) is 8.62. The molecule has 1 heterocycles. The highest BCUT2D eigenvalue weighted by Gasteiger charge is 2.41. The molecule has 0 saturated heterocycles. The maximum atomic E-state index is 13.5. The summed E-state index contributed by atoms with van der Waals surface area (Å²) in [5.74, 6) is -0.495. The molecule has 3 aromatic rings. The SMILES string of the molecule is Cn1c2c(c(=O)n(C)c1=O)[C@@H](Nc1cccc3ccccc13)[C@@H]1C=CC=CC(=C(C#N)C#N)[C@@H]1C2. The molecule has 35 heavy (non-hydrogen) atoms. The Kier molecular flexibility index (Phi) is 5.47. The Morgan fingerprint density at radius 2 is 1.74 bits per heavy atom. The van der Waals surface area contributed by atoms with Gasteiger partial charge in [0.1, 0.15) is 17.7 Å². The molecule has 0 spiro atoms. The van der Waals surface area contributed by atoms with Crippen molar-refractivity contribution in [2.45, 2.75) is 12.5 Å². The molecule has 3 atom stereocenters. The van der Waals surface area contributed by atoms with Gasteiger partial charge in [0.05, 0.1) is 11.6 Å². The highest BCUT2D eigenvalue weighted by molar-refractivity contribution is 5.94. The number of fused-ring (bicyclic) bond motifs is 3. The lowest BCUT2D eigenvalue weighted by atomic mass is 9.70. The van der Waals surface area contributed by atoms with Gasteiger partial charge in [-0.2, -0.15) is 10.5 Å². The summed E-state index contributed by atoms with van der Waals surface area (Å²) in [6.07, 6.45) is 7.90. The normalized spacial score (nSPS) is 20.3. The third-order valence-corrected chi connectivity index (χ3v) is 7.13. The molecule has 5 rings (SSSR count). The molecule has 0 unspecified atom stereocenters. The van der Waals surface area contributed by atoms with Crippen LogP contribution in [-0.2, 0) is 20.5 Å². The van der Waals surface area contributed by atoms with Gasteiger partial charge in [-0.1, -0.05) is 60.7 Å². The molecule has 2 aliphatic carbocycles. The first-order chi connectivity index (χ1) is 17.0. The number of anilines is 1. The van der Waals surface area contributed by atoms with Crippen molar-refractivity contribution in [3.05, 3.63) is 110 Å². The summed E-state index contributed by atoms with van der Waals surface area (Å²) in [6.45, 7) is 0. The number of hydrogen-bond acceptors (Lipinski definition) is 5. The van der Waals surface area contributed by atoms with Gasteiger partial charge in [-0.05, 0) is 29.4 Å². The smallest absolute Gasteiger partial charge is 0.330 e. The molecule has 2 aliphatic rings. The highest BCUT2D eigenvalue weighted by Crippen LogP contribution is 2.45. The van der Waals surface area contributed by atoms with Gasteiger partial charge in [0.25, 0.3) is 5.56 Å². The summed E-state index contributed by atoms with van der Waals surface area (Å²) in [7, 11) is 3.16. The van der Waals surface area contributed by atoms with Gasteiger partial charge in [-0.25, -0.2) is 4.79 Å². The van der Waals surface area contributed by atoms with E-state index < -0.39 is 11.7 Å². The van der Waals surface area contributed by atoms with Crippen molar-refractivity contribution < 1.29 is 0 Å². The van der Waals surface area contributed by atoms with Crippen molar-refractivity contribution >= 4 is 16.5 Å². The molecule has 172 valence electrons. The zero-order valence-corrected chi connectivity index (χ0v) is 19.4. The molecule has 0 saturated carbocycles. The largest absolute Gasteiger partial charge is 0.377 e. The highest BCUT2D eigenvalue weighted by atomic mass is 16.2. The van der Waals surface area contributed by atoms with E-state index in [-0.39, 0.29) is 23.0 Å². The van der Waals surface area contributed by atoms with Gasteiger partial charge in [0.2, 0.25) is 0 Å². The number of nitrogens with zero attached hydrogens (tertiary/aromatic N) is 4. The third-order valence-electron chi connectivity index (χ3n) is 7.13. The Bertz CT molecular complexity index is 1630. The molecule has 2 aromatic carbocycles. The van der Waals surface area contributed by atoms with Crippen LogP contribution in [0.5, 0.6) is 0 Å². The molecule has 1 aromatic heterocycles. The Morgan fingerprint density at radius 1 is 1.00 bits per heavy atom. The molecule has 0 amide bonds. The van der Waals surface area contributed by atoms with Crippen LogP contribution in [0.15, 0.2) is 87.5 Å². The molecule has 7 heteroatoms. The first-order valence-corrected chi connectivity index (χ1v) is 11.4. The van der Waals surface area contributed by atoms with Crippen LogP contribution in [0.1, 0.15) is 17.3 Å². The quantitative estimate of drug-likeness (QED) is 0.587. The molecule has 7 nitrogen and oxygen atoms in total. The number of nitriles is 2. The minimum absolute atomic E-state index is 0.0427. The molecule has 0 radical (unpaired) electrons. The van der Waals surface area contributed by atoms with E-state index in [1.807, 2.05) is 72.8 Å². The van der Waals surface area contributed by atoms with Crippen LogP contribution < -0.4 is 16.6 Å². The summed E-state index contributed by atoms with van der Waals surface area (Å²) in [5, 5.41) is 25.0. The number of benzene rings is 2. The number of aromatic nitrogens is 2. The van der Waals surface area contributed by atoms with Crippen LogP contribution in [0.3, 0.4) is 0 Å². The van der Waals surface area contributed by atoms with E-state index >= 15 is 0 Å². The molecular weight excluding hydrogens is 438 g/mol. The average Bonchev–Trinajstić information content (AvgIpc) is 3.09. The van der Waals surface area contributed by atoms with Crippen LogP contribution in [0.4, 0.5) is 5.69 Å². The average molecular weight is 462 g/mol. The maximum absolute atomic E-state index is 13.5. The number of rotatable bonds is 2. The summed E-state index contributed by atoms with van der Waals surface area (Å²) < 4.78 is 2.65. The predicted octanol–water partition coefficient (Wildman–Crippen LogP) is 3.65. The van der Waals surface area contributed by atoms with Gasteiger partial charge >= 0.3 is 5.69 Å². The lowest BCUT2D eigenvalue weighted by Crippen LogP contribution is -2.47. The summed E-state index contributed by atoms with van der Waals surface area (Å²) in [5.41, 5.74) is 1.94. The molecular formula is C28H23N5O2. The Balaban J connectivity index is 1.79. The van der Waals surface area contributed by atoms with Gasteiger partial charge in [-0.15, -0.1) is 0 Å². The Morgan fingerprint density at radius 3 is 2.51 bits per heavy atom. The number of hydrogen-bond donors (Lipinski definition) is 1. The van der Waals surface area contributed by atoms with Crippen LogP contribution in [0.25, 0.3) is 10.8 Å². The first-order valence-electron chi connectivity index (χ1n) is 11.4. The standard InChI is InChI=1S/C28H23N5O2/c1-32-24-14-22-19(18(15-29)16-30)10-5-6-12-21(22)26(25(24)27(34)33(2)28(32)35)31-23-13-7-9-17-8-3-4-11-20(17)23/h3-13,21-22,26,31H,14H2,1-2H3/t21-,22+,26+/m1/s1. The van der Waals surface area contributed by atoms with Gasteiger partial charge < -0.3 is 9.88 Å². The topological polar surface area (TPSA) is 104 Å². The van der Waals surface area contributed by atoms with Crippen LogP contribution in [0, 0.1) is 34.5 Å². The summed E-state index contributed by atoms with van der Waals surface area (Å²) in [4.78, 5) is 26.3. The van der Waals surface area contributed by atoms with E-state index in [0.29, 0.717) is 23.3 Å². The fourth-order valence-corrected chi connectivity index (χ4v) is 5.39. The van der Waals surface area contributed by atoms with Gasteiger partial charge in [0, 0.05) is 36.8 Å². The summed E-state index contributed by atoms with van der Waals surface area (Å²) >= 11 is 0. The molecule has 0 aliphatic heterocycles. The number of nitrogens with one attached hydrogen (secondary N) is 1. The molecule has 1 N–H and O–H groups in total. The number of allylic oxidation sites excluding steroid dienone is 5. The van der Waals surface area contributed by atoms with E-state index in [2.05, 4.69) is 5.32 Å². The predicted molar refractivity (Wildman–Crippen MR) is 134 cm³/mol. The molecule has 0 fully saturated rings. The molecule has 0 bridgehead atoms. The van der Waals surface area contributed by atoms with E-state index in [9.17, 15) is 20.1 Å². The maximum Gasteiger partial charge on any atom is 0.330 e. The Hall–Kier alpha value is -4.62. The fourth-order valence-electron chi connectivity index (χ4n) is 5.39. The third kappa shape index (κ3) is 3.50. The fraction of sp³-hybridized carbons (Fsp3) is 0.214. The minimum atomic E-state index is -0.482. The van der Waals surface area contributed by atoms with Gasteiger partial charge in [-0.3, -0.25) is 9.36 Å². The summed E-state index contributed by atoms with van der Waals surface area (Å²) in [6, 6.07) is 17.5. The second-order valence-corrected chi connectivity index (χ2v) is 8.90. The zero-order valence-electron chi connectivity index (χ0n) is 19.4. The van der Waals surface area contributed by atoms with Crippen LogP contribution in [-0.4, -0.2) is 9.13 Å².